The van der Waals surface area contributed by atoms with Crippen molar-refractivity contribution in [1.82, 2.24) is 0 Å². The minimum atomic E-state index is 0.969. The Morgan fingerprint density at radius 3 is 2.13 bits per heavy atom. The molecule has 0 amide bonds. The fourth-order valence-electron chi connectivity index (χ4n) is 2.38. The summed E-state index contributed by atoms with van der Waals surface area (Å²) in [6.45, 7) is 2.08. The van der Waals surface area contributed by atoms with Gasteiger partial charge in [0.2, 0.25) is 0 Å². The maximum atomic E-state index is 4.75. The van der Waals surface area contributed by atoms with E-state index in [2.05, 4.69) is 61.5 Å². The lowest BCUT2D eigenvalue weighted by atomic mass is 10.1. The maximum absolute atomic E-state index is 4.75. The highest BCUT2D eigenvalue weighted by atomic mass is 32.2. The minimum Gasteiger partial charge on any atom is -0.253 e. The van der Waals surface area contributed by atoms with E-state index < -0.39 is 0 Å². The molecular weight excluding hydrogens is 298 g/mol. The van der Waals surface area contributed by atoms with E-state index in [1.807, 2.05) is 42.1 Å². The molecule has 3 aromatic rings. The summed E-state index contributed by atoms with van der Waals surface area (Å²) < 4.78 is 0. The molecule has 0 bridgehead atoms. The van der Waals surface area contributed by atoms with Crippen molar-refractivity contribution < 1.29 is 0 Å². The van der Waals surface area contributed by atoms with E-state index in [1.165, 1.54) is 16.0 Å². The molecule has 2 heteroatoms. The van der Waals surface area contributed by atoms with Gasteiger partial charge in [-0.2, -0.15) is 0 Å². The average molecular weight is 317 g/mol. The number of hydrogen-bond donors (Lipinski definition) is 0. The predicted molar refractivity (Wildman–Crippen MR) is 101 cm³/mol. The third kappa shape index (κ3) is 4.33. The molecular formula is C21H19NS. The second kappa shape index (κ2) is 7.80. The third-order valence-electron chi connectivity index (χ3n) is 3.57. The number of nitrogens with zero attached hydrogens (tertiary/aromatic N) is 1. The molecule has 23 heavy (non-hydrogen) atoms. The Hall–Kier alpha value is -2.32. The SMILES string of the molecule is CC(=Nc1ccccc1)c1ccccc1SCc1ccccc1. The van der Waals surface area contributed by atoms with Gasteiger partial charge in [-0.15, -0.1) is 11.8 Å². The van der Waals surface area contributed by atoms with E-state index in [-0.39, 0.29) is 0 Å². The van der Waals surface area contributed by atoms with Gasteiger partial charge in [0.25, 0.3) is 0 Å². The van der Waals surface area contributed by atoms with Crippen molar-refractivity contribution in [1.29, 1.82) is 0 Å². The second-order valence-electron chi connectivity index (χ2n) is 5.30. The highest BCUT2D eigenvalue weighted by Gasteiger charge is 2.06. The van der Waals surface area contributed by atoms with Gasteiger partial charge in [-0.3, -0.25) is 4.99 Å². The fraction of sp³-hybridized carbons (Fsp3) is 0.0952. The number of para-hydroxylation sites is 1. The molecule has 0 radical (unpaired) electrons. The Morgan fingerprint density at radius 1 is 0.783 bits per heavy atom. The van der Waals surface area contributed by atoms with Gasteiger partial charge in [0.15, 0.2) is 0 Å². The monoisotopic (exact) mass is 317 g/mol. The highest BCUT2D eigenvalue weighted by Crippen LogP contribution is 2.27. The van der Waals surface area contributed by atoms with Gasteiger partial charge in [0.1, 0.15) is 0 Å². The molecule has 0 atom stereocenters. The van der Waals surface area contributed by atoms with Crippen LogP contribution in [-0.2, 0) is 5.75 Å². The van der Waals surface area contributed by atoms with Gasteiger partial charge in [0.05, 0.1) is 5.69 Å². The molecule has 0 saturated carbocycles. The summed E-state index contributed by atoms with van der Waals surface area (Å²) in [6.07, 6.45) is 0. The number of aliphatic imine (C=N–C) groups is 1. The molecule has 0 aliphatic rings. The first-order valence-corrected chi connectivity index (χ1v) is 8.68. The predicted octanol–water partition coefficient (Wildman–Crippen LogP) is 6.12. The van der Waals surface area contributed by atoms with Gasteiger partial charge in [-0.05, 0) is 30.7 Å². The second-order valence-corrected chi connectivity index (χ2v) is 6.32. The first kappa shape index (κ1) is 15.6. The molecule has 3 aromatic carbocycles. The van der Waals surface area contributed by atoms with Crippen LogP contribution in [0.3, 0.4) is 0 Å². The molecule has 114 valence electrons. The first-order valence-electron chi connectivity index (χ1n) is 7.69. The van der Waals surface area contributed by atoms with E-state index in [0.717, 1.165) is 17.2 Å². The van der Waals surface area contributed by atoms with Crippen LogP contribution in [0.5, 0.6) is 0 Å². The number of thioether (sulfide) groups is 1. The quantitative estimate of drug-likeness (QED) is 0.408. The van der Waals surface area contributed by atoms with E-state index in [0.29, 0.717) is 0 Å². The molecule has 0 N–H and O–H groups in total. The molecule has 0 spiro atoms. The summed E-state index contributed by atoms with van der Waals surface area (Å²) >= 11 is 1.86. The van der Waals surface area contributed by atoms with Gasteiger partial charge >= 0.3 is 0 Å². The zero-order valence-corrected chi connectivity index (χ0v) is 14.0. The zero-order chi connectivity index (χ0) is 15.9. The molecule has 0 aromatic heterocycles. The van der Waals surface area contributed by atoms with E-state index in [1.54, 1.807) is 0 Å². The van der Waals surface area contributed by atoms with Crippen LogP contribution in [0.1, 0.15) is 18.1 Å². The van der Waals surface area contributed by atoms with Crippen LogP contribution < -0.4 is 0 Å². The Labute approximate surface area is 142 Å². The lowest BCUT2D eigenvalue weighted by Crippen LogP contribution is -1.97. The Bertz CT molecular complexity index is 779. The summed E-state index contributed by atoms with van der Waals surface area (Å²) in [5.74, 6) is 0.969. The zero-order valence-electron chi connectivity index (χ0n) is 13.1. The van der Waals surface area contributed by atoms with Crippen molar-refractivity contribution >= 4 is 23.2 Å². The maximum Gasteiger partial charge on any atom is 0.0633 e. The van der Waals surface area contributed by atoms with Crippen LogP contribution in [0.25, 0.3) is 0 Å². The van der Waals surface area contributed by atoms with E-state index >= 15 is 0 Å². The van der Waals surface area contributed by atoms with Gasteiger partial charge in [-0.25, -0.2) is 0 Å². The van der Waals surface area contributed by atoms with Crippen molar-refractivity contribution in [2.24, 2.45) is 4.99 Å². The normalized spacial score (nSPS) is 11.4. The molecule has 1 nitrogen and oxygen atoms in total. The van der Waals surface area contributed by atoms with Crippen molar-refractivity contribution in [3.05, 3.63) is 96.1 Å². The van der Waals surface area contributed by atoms with Crippen LogP contribution in [0.4, 0.5) is 5.69 Å². The summed E-state index contributed by atoms with van der Waals surface area (Å²) in [5.41, 5.74) is 4.59. The van der Waals surface area contributed by atoms with E-state index in [9.17, 15) is 0 Å². The van der Waals surface area contributed by atoms with Crippen LogP contribution >= 0.6 is 11.8 Å². The Kier molecular flexibility index (Phi) is 5.28. The van der Waals surface area contributed by atoms with Crippen molar-refractivity contribution in [2.75, 3.05) is 0 Å². The van der Waals surface area contributed by atoms with E-state index in [4.69, 9.17) is 4.99 Å². The summed E-state index contributed by atoms with van der Waals surface area (Å²) in [5, 5.41) is 0. The average Bonchev–Trinajstić information content (AvgIpc) is 2.62. The largest absolute Gasteiger partial charge is 0.253 e. The number of hydrogen-bond acceptors (Lipinski definition) is 2. The van der Waals surface area contributed by atoms with Crippen LogP contribution in [-0.4, -0.2) is 5.71 Å². The highest BCUT2D eigenvalue weighted by molar-refractivity contribution is 7.98. The topological polar surface area (TPSA) is 12.4 Å². The molecule has 0 aliphatic heterocycles. The van der Waals surface area contributed by atoms with Crippen molar-refractivity contribution in [2.45, 2.75) is 17.6 Å². The lowest BCUT2D eigenvalue weighted by Gasteiger charge is -2.09. The van der Waals surface area contributed by atoms with Crippen LogP contribution in [0.2, 0.25) is 0 Å². The van der Waals surface area contributed by atoms with Gasteiger partial charge in [0, 0.05) is 21.9 Å². The molecule has 0 aliphatic carbocycles. The smallest absolute Gasteiger partial charge is 0.0633 e. The molecule has 3 rings (SSSR count). The Morgan fingerprint density at radius 2 is 1.39 bits per heavy atom. The van der Waals surface area contributed by atoms with Gasteiger partial charge < -0.3 is 0 Å². The molecule has 0 heterocycles. The van der Waals surface area contributed by atoms with Crippen LogP contribution in [0, 0.1) is 0 Å². The summed E-state index contributed by atoms with van der Waals surface area (Å²) in [6, 6.07) is 29.2. The minimum absolute atomic E-state index is 0.969. The fourth-order valence-corrected chi connectivity index (χ4v) is 3.44. The van der Waals surface area contributed by atoms with Crippen LogP contribution in [0.15, 0.2) is 94.8 Å². The molecule has 0 fully saturated rings. The lowest BCUT2D eigenvalue weighted by molar-refractivity contribution is 1.35. The molecule has 0 saturated heterocycles. The first-order chi connectivity index (χ1) is 11.3. The molecule has 0 unspecified atom stereocenters. The summed E-state index contributed by atoms with van der Waals surface area (Å²) in [4.78, 5) is 6.02. The third-order valence-corrected chi connectivity index (χ3v) is 4.71. The standard InChI is InChI=1S/C21H19NS/c1-17(22-19-12-6-3-7-13-19)20-14-8-9-15-21(20)23-16-18-10-4-2-5-11-18/h2-15H,16H2,1H3. The Balaban J connectivity index is 1.81. The van der Waals surface area contributed by atoms with Crippen molar-refractivity contribution in [3.8, 4) is 0 Å². The number of rotatable bonds is 5. The summed E-state index contributed by atoms with van der Waals surface area (Å²) in [7, 11) is 0. The van der Waals surface area contributed by atoms with Crippen molar-refractivity contribution in [3.63, 3.8) is 0 Å². The number of benzene rings is 3. The van der Waals surface area contributed by atoms with Gasteiger partial charge in [-0.1, -0.05) is 66.7 Å².